The van der Waals surface area contributed by atoms with Crippen molar-refractivity contribution in [3.8, 4) is 5.75 Å². The van der Waals surface area contributed by atoms with Crippen LogP contribution in [0.4, 0.5) is 0 Å². The zero-order valence-corrected chi connectivity index (χ0v) is 10.3. The molecule has 0 fully saturated rings. The Kier molecular flexibility index (Phi) is 5.59. The first-order chi connectivity index (χ1) is 8.22. The quantitative estimate of drug-likeness (QED) is 0.535. The number of nitrogens with zero attached hydrogens (tertiary/aromatic N) is 1. The van der Waals surface area contributed by atoms with Gasteiger partial charge in [-0.25, -0.2) is 0 Å². The maximum atomic E-state index is 12.0. The van der Waals surface area contributed by atoms with Gasteiger partial charge in [-0.05, 0) is 19.9 Å². The summed E-state index contributed by atoms with van der Waals surface area (Å²) in [7, 11) is 1.52. The van der Waals surface area contributed by atoms with Crippen LogP contribution in [0.3, 0.4) is 0 Å². The molecule has 5 nitrogen and oxygen atoms in total. The topological polar surface area (TPSA) is 57.7 Å². The van der Waals surface area contributed by atoms with Crippen molar-refractivity contribution in [3.05, 3.63) is 24.0 Å². The highest BCUT2D eigenvalue weighted by Gasteiger charge is 2.21. The lowest BCUT2D eigenvalue weighted by atomic mass is 10.2. The van der Waals surface area contributed by atoms with Gasteiger partial charge in [0, 0.05) is 25.0 Å². The van der Waals surface area contributed by atoms with E-state index in [4.69, 9.17) is 14.2 Å². The molecular formula is C12H17NO4. The third-order valence-electron chi connectivity index (χ3n) is 2.08. The van der Waals surface area contributed by atoms with Crippen LogP contribution >= 0.6 is 0 Å². The molecule has 0 aromatic carbocycles. The van der Waals surface area contributed by atoms with E-state index in [9.17, 15) is 4.79 Å². The van der Waals surface area contributed by atoms with Gasteiger partial charge < -0.3 is 14.2 Å². The number of hydrogen-bond donors (Lipinski definition) is 0. The zero-order chi connectivity index (χ0) is 12.7. The van der Waals surface area contributed by atoms with Gasteiger partial charge in [0.05, 0.1) is 13.3 Å². The van der Waals surface area contributed by atoms with Crippen LogP contribution in [0, 0.1) is 0 Å². The lowest BCUT2D eigenvalue weighted by Crippen LogP contribution is -2.27. The number of ketones is 1. The molecule has 0 aliphatic carbocycles. The van der Waals surface area contributed by atoms with Crippen molar-refractivity contribution in [3.63, 3.8) is 0 Å². The van der Waals surface area contributed by atoms with E-state index in [-0.39, 0.29) is 5.78 Å². The molecule has 0 radical (unpaired) electrons. The summed E-state index contributed by atoms with van der Waals surface area (Å²) in [4.78, 5) is 16.0. The fourth-order valence-electron chi connectivity index (χ4n) is 1.30. The predicted octanol–water partition coefficient (Wildman–Crippen LogP) is 1.67. The summed E-state index contributed by atoms with van der Waals surface area (Å²) in [5, 5.41) is 0. The lowest BCUT2D eigenvalue weighted by molar-refractivity contribution is -0.107. The van der Waals surface area contributed by atoms with Crippen molar-refractivity contribution in [1.29, 1.82) is 0 Å². The Morgan fingerprint density at radius 2 is 1.94 bits per heavy atom. The van der Waals surface area contributed by atoms with Crippen molar-refractivity contribution >= 4 is 5.78 Å². The standard InChI is InChI=1S/C12H17NO4/c1-4-16-12(17-5-2)11(14)9-6-10(15-3)8-13-7-9/h6-8,12H,4-5H2,1-3H3. The number of pyridine rings is 1. The van der Waals surface area contributed by atoms with Gasteiger partial charge >= 0.3 is 0 Å². The van der Waals surface area contributed by atoms with Gasteiger partial charge in [0.15, 0.2) is 0 Å². The maximum Gasteiger partial charge on any atom is 0.222 e. The Morgan fingerprint density at radius 1 is 1.29 bits per heavy atom. The summed E-state index contributed by atoms with van der Waals surface area (Å²) < 4.78 is 15.5. The number of Topliss-reactive ketones (excluding diaryl/α,β-unsaturated/α-hetero) is 1. The fraction of sp³-hybridized carbons (Fsp3) is 0.500. The molecule has 0 amide bonds. The van der Waals surface area contributed by atoms with Gasteiger partial charge in [-0.15, -0.1) is 0 Å². The SMILES string of the molecule is CCOC(OCC)C(=O)c1cncc(OC)c1. The molecule has 94 valence electrons. The minimum Gasteiger partial charge on any atom is -0.495 e. The summed E-state index contributed by atoms with van der Waals surface area (Å²) in [6, 6.07) is 1.61. The first-order valence-electron chi connectivity index (χ1n) is 5.49. The largest absolute Gasteiger partial charge is 0.495 e. The lowest BCUT2D eigenvalue weighted by Gasteiger charge is -2.15. The minimum atomic E-state index is -0.876. The zero-order valence-electron chi connectivity index (χ0n) is 10.3. The summed E-state index contributed by atoms with van der Waals surface area (Å²) >= 11 is 0. The molecule has 1 aromatic heterocycles. The molecule has 0 aliphatic heterocycles. The van der Waals surface area contributed by atoms with Crippen molar-refractivity contribution in [2.45, 2.75) is 20.1 Å². The third kappa shape index (κ3) is 3.80. The highest BCUT2D eigenvalue weighted by atomic mass is 16.7. The van der Waals surface area contributed by atoms with Crippen LogP contribution in [0.25, 0.3) is 0 Å². The third-order valence-corrected chi connectivity index (χ3v) is 2.08. The van der Waals surface area contributed by atoms with E-state index < -0.39 is 6.29 Å². The summed E-state index contributed by atoms with van der Waals surface area (Å²) in [5.41, 5.74) is 0.413. The highest BCUT2D eigenvalue weighted by molar-refractivity contribution is 5.98. The highest BCUT2D eigenvalue weighted by Crippen LogP contribution is 2.13. The van der Waals surface area contributed by atoms with Crippen LogP contribution < -0.4 is 4.74 Å². The van der Waals surface area contributed by atoms with Gasteiger partial charge in [-0.1, -0.05) is 0 Å². The molecule has 1 aromatic rings. The number of carbonyl (C=O) groups is 1. The predicted molar refractivity (Wildman–Crippen MR) is 62.2 cm³/mol. The maximum absolute atomic E-state index is 12.0. The molecule has 0 spiro atoms. The van der Waals surface area contributed by atoms with E-state index in [1.165, 1.54) is 19.5 Å². The molecule has 17 heavy (non-hydrogen) atoms. The Morgan fingerprint density at radius 3 is 2.47 bits per heavy atom. The van der Waals surface area contributed by atoms with Crippen molar-refractivity contribution in [1.82, 2.24) is 4.98 Å². The monoisotopic (exact) mass is 239 g/mol. The van der Waals surface area contributed by atoms with Crippen LogP contribution in [0.1, 0.15) is 24.2 Å². The molecule has 0 atom stereocenters. The number of hydrogen-bond acceptors (Lipinski definition) is 5. The number of methoxy groups -OCH3 is 1. The van der Waals surface area contributed by atoms with E-state index >= 15 is 0 Å². The Balaban J connectivity index is 2.84. The second-order valence-electron chi connectivity index (χ2n) is 3.22. The first-order valence-corrected chi connectivity index (χ1v) is 5.49. The summed E-state index contributed by atoms with van der Waals surface area (Å²) in [5.74, 6) is 0.280. The molecule has 0 unspecified atom stereocenters. The molecule has 0 saturated heterocycles. The average molecular weight is 239 g/mol. The van der Waals surface area contributed by atoms with E-state index in [0.29, 0.717) is 24.5 Å². The molecule has 5 heteroatoms. The first kappa shape index (κ1) is 13.6. The molecule has 0 saturated carbocycles. The van der Waals surface area contributed by atoms with Crippen LogP contribution in [0.5, 0.6) is 5.75 Å². The van der Waals surface area contributed by atoms with Gasteiger partial charge in [0.25, 0.3) is 0 Å². The average Bonchev–Trinajstić information content (AvgIpc) is 2.38. The fourth-order valence-corrected chi connectivity index (χ4v) is 1.30. The van der Waals surface area contributed by atoms with Crippen molar-refractivity contribution < 1.29 is 19.0 Å². The molecule has 0 N–H and O–H groups in total. The Bertz CT molecular complexity index is 361. The smallest absolute Gasteiger partial charge is 0.222 e. The Labute approximate surface area is 101 Å². The molecule has 1 heterocycles. The number of ether oxygens (including phenoxy) is 3. The minimum absolute atomic E-state index is 0.250. The number of rotatable bonds is 7. The van der Waals surface area contributed by atoms with Crippen LogP contribution in [-0.2, 0) is 9.47 Å². The van der Waals surface area contributed by atoms with E-state index in [0.717, 1.165) is 0 Å². The van der Waals surface area contributed by atoms with Gasteiger partial charge in [0.1, 0.15) is 5.75 Å². The van der Waals surface area contributed by atoms with Gasteiger partial charge in [0.2, 0.25) is 12.1 Å². The van der Waals surface area contributed by atoms with Crippen LogP contribution in [-0.4, -0.2) is 37.4 Å². The number of carbonyl (C=O) groups excluding carboxylic acids is 1. The molecule has 1 rings (SSSR count). The summed E-state index contributed by atoms with van der Waals surface area (Å²) in [6.45, 7) is 4.44. The van der Waals surface area contributed by atoms with Crippen molar-refractivity contribution in [2.24, 2.45) is 0 Å². The summed E-state index contributed by atoms with van der Waals surface area (Å²) in [6.07, 6.45) is 2.13. The van der Waals surface area contributed by atoms with Crippen molar-refractivity contribution in [2.75, 3.05) is 20.3 Å². The number of aromatic nitrogens is 1. The van der Waals surface area contributed by atoms with Gasteiger partial charge in [-0.2, -0.15) is 0 Å². The molecule has 0 bridgehead atoms. The van der Waals surface area contributed by atoms with Crippen LogP contribution in [0.15, 0.2) is 18.5 Å². The van der Waals surface area contributed by atoms with E-state index in [1.54, 1.807) is 6.07 Å². The van der Waals surface area contributed by atoms with Gasteiger partial charge in [-0.3, -0.25) is 9.78 Å². The normalized spacial score (nSPS) is 10.6. The Hall–Kier alpha value is -1.46. The van der Waals surface area contributed by atoms with E-state index in [1.807, 2.05) is 13.8 Å². The van der Waals surface area contributed by atoms with Crippen LogP contribution in [0.2, 0.25) is 0 Å². The molecule has 0 aliphatic rings. The molecular weight excluding hydrogens is 222 g/mol. The second kappa shape index (κ2) is 6.98. The van der Waals surface area contributed by atoms with E-state index in [2.05, 4.69) is 4.98 Å². The second-order valence-corrected chi connectivity index (χ2v) is 3.22.